The Kier molecular flexibility index (Phi) is 9.05. The second kappa shape index (κ2) is 13.1. The number of hydrogen-bond donors (Lipinski definition) is 2. The summed E-state index contributed by atoms with van der Waals surface area (Å²) in [5, 5.41) is 4.53. The number of H-pyrrole nitrogens is 1. The number of cyclic esters (lactones) is 1. The van der Waals surface area contributed by atoms with Gasteiger partial charge >= 0.3 is 11.8 Å². The van der Waals surface area contributed by atoms with Crippen molar-refractivity contribution >= 4 is 28.7 Å². The van der Waals surface area contributed by atoms with E-state index in [-0.39, 0.29) is 17.2 Å². The first kappa shape index (κ1) is 30.3. The number of carbonyl (C=O) groups is 1. The zero-order valence-corrected chi connectivity index (χ0v) is 26.0. The van der Waals surface area contributed by atoms with Crippen molar-refractivity contribution in [3.05, 3.63) is 81.1 Å². The van der Waals surface area contributed by atoms with Gasteiger partial charge in [-0.1, -0.05) is 50.4 Å². The standard InChI is InChI=1S/C34H39ClFN5O3/c1-21(2)5-3-6-22-17-27(31(36)28(35)18-22)30-19-24-20-41(33(42)39-32(24)38-30)26-11-9-23(10-12-26)29-8-4-7-25(37-29)13-14-40-15-16-44-34(40)43/h9-12,17-21,25,29,37H,3-8,13-16H2,1-2H3,(H,38,39,42)/t25-,29-/m0/s1. The van der Waals surface area contributed by atoms with Crippen molar-refractivity contribution in [2.45, 2.75) is 70.9 Å². The molecule has 0 unspecified atom stereocenters. The number of aromatic nitrogens is 3. The Balaban J connectivity index is 1.18. The van der Waals surface area contributed by atoms with Gasteiger partial charge in [-0.2, -0.15) is 4.98 Å². The smallest absolute Gasteiger partial charge is 0.409 e. The molecule has 4 heterocycles. The van der Waals surface area contributed by atoms with E-state index in [2.05, 4.69) is 41.3 Å². The van der Waals surface area contributed by atoms with Gasteiger partial charge in [0.2, 0.25) is 0 Å². The topological polar surface area (TPSA) is 92.2 Å². The number of carbonyl (C=O) groups excluding carboxylic acids is 1. The molecule has 44 heavy (non-hydrogen) atoms. The minimum Gasteiger partial charge on any atom is -0.448 e. The quantitative estimate of drug-likeness (QED) is 0.196. The van der Waals surface area contributed by atoms with Gasteiger partial charge in [0.05, 0.1) is 22.9 Å². The summed E-state index contributed by atoms with van der Waals surface area (Å²) in [6.45, 7) is 6.21. The summed E-state index contributed by atoms with van der Waals surface area (Å²) < 4.78 is 21.7. The molecule has 2 saturated heterocycles. The Morgan fingerprint density at radius 2 is 1.95 bits per heavy atom. The molecule has 2 aromatic carbocycles. The minimum atomic E-state index is -0.492. The van der Waals surface area contributed by atoms with Crippen LogP contribution in [0.3, 0.4) is 0 Å². The zero-order valence-electron chi connectivity index (χ0n) is 25.2. The van der Waals surface area contributed by atoms with Crippen molar-refractivity contribution in [2.24, 2.45) is 5.92 Å². The number of fused-ring (bicyclic) bond motifs is 1. The fourth-order valence-corrected chi connectivity index (χ4v) is 6.58. The lowest BCUT2D eigenvalue weighted by molar-refractivity contribution is 0.156. The maximum atomic E-state index is 15.1. The van der Waals surface area contributed by atoms with Crippen LogP contribution in [0, 0.1) is 11.7 Å². The predicted molar refractivity (Wildman–Crippen MR) is 171 cm³/mol. The molecule has 2 aliphatic rings. The third kappa shape index (κ3) is 6.69. The van der Waals surface area contributed by atoms with E-state index in [1.165, 1.54) is 4.57 Å². The monoisotopic (exact) mass is 619 g/mol. The second-order valence-electron chi connectivity index (χ2n) is 12.4. The summed E-state index contributed by atoms with van der Waals surface area (Å²) in [5.74, 6) is 0.110. The van der Waals surface area contributed by atoms with Crippen LogP contribution in [0.5, 0.6) is 0 Å². The van der Waals surface area contributed by atoms with Crippen LogP contribution in [0.25, 0.3) is 28.0 Å². The van der Waals surface area contributed by atoms with Crippen molar-refractivity contribution < 1.29 is 13.9 Å². The second-order valence-corrected chi connectivity index (χ2v) is 12.8. The number of halogens is 2. The van der Waals surface area contributed by atoms with Gasteiger partial charge in [0.25, 0.3) is 0 Å². The van der Waals surface area contributed by atoms with Gasteiger partial charge in [-0.05, 0) is 79.5 Å². The summed E-state index contributed by atoms with van der Waals surface area (Å²) in [6, 6.07) is 13.9. The highest BCUT2D eigenvalue weighted by Crippen LogP contribution is 2.32. The van der Waals surface area contributed by atoms with E-state index in [1.54, 1.807) is 17.2 Å². The largest absolute Gasteiger partial charge is 0.448 e. The number of aryl methyl sites for hydroxylation is 1. The minimum absolute atomic E-state index is 0.0865. The molecule has 0 spiro atoms. The molecule has 1 amide bonds. The summed E-state index contributed by atoms with van der Waals surface area (Å²) in [4.78, 5) is 34.0. The summed E-state index contributed by atoms with van der Waals surface area (Å²) in [5.41, 5.74) is 3.73. The number of aromatic amines is 1. The molecule has 0 saturated carbocycles. The molecule has 2 aromatic heterocycles. The molecule has 0 bridgehead atoms. The third-order valence-corrected chi connectivity index (χ3v) is 9.06. The van der Waals surface area contributed by atoms with E-state index in [4.69, 9.17) is 16.3 Å². The molecule has 6 rings (SSSR count). The number of ether oxygens (including phenoxy) is 1. The average Bonchev–Trinajstić information content (AvgIpc) is 3.62. The van der Waals surface area contributed by atoms with Gasteiger partial charge < -0.3 is 19.9 Å². The molecular formula is C34H39ClFN5O3. The summed E-state index contributed by atoms with van der Waals surface area (Å²) in [7, 11) is 0. The van der Waals surface area contributed by atoms with Gasteiger partial charge in [-0.15, -0.1) is 0 Å². The highest BCUT2D eigenvalue weighted by Gasteiger charge is 2.26. The fourth-order valence-electron chi connectivity index (χ4n) is 6.34. The van der Waals surface area contributed by atoms with E-state index in [0.29, 0.717) is 59.6 Å². The van der Waals surface area contributed by atoms with Crippen molar-refractivity contribution in [3.8, 4) is 16.9 Å². The molecule has 0 aliphatic carbocycles. The molecule has 8 nitrogen and oxygen atoms in total. The van der Waals surface area contributed by atoms with Crippen LogP contribution in [-0.2, 0) is 11.2 Å². The molecule has 232 valence electrons. The highest BCUT2D eigenvalue weighted by atomic mass is 35.5. The van der Waals surface area contributed by atoms with Gasteiger partial charge in [-0.25, -0.2) is 14.0 Å². The van der Waals surface area contributed by atoms with E-state index < -0.39 is 11.5 Å². The van der Waals surface area contributed by atoms with Gasteiger partial charge in [0, 0.05) is 35.8 Å². The number of nitrogens with zero attached hydrogens (tertiary/aromatic N) is 3. The van der Waals surface area contributed by atoms with E-state index in [0.717, 1.165) is 56.1 Å². The van der Waals surface area contributed by atoms with Crippen LogP contribution >= 0.6 is 11.6 Å². The van der Waals surface area contributed by atoms with Crippen molar-refractivity contribution in [2.75, 3.05) is 19.7 Å². The average molecular weight is 620 g/mol. The Bertz CT molecular complexity index is 1700. The van der Waals surface area contributed by atoms with Gasteiger partial charge in [0.1, 0.15) is 12.3 Å². The Labute approximate surface area is 261 Å². The molecule has 2 fully saturated rings. The van der Waals surface area contributed by atoms with Crippen LogP contribution < -0.4 is 11.0 Å². The Morgan fingerprint density at radius 3 is 2.70 bits per heavy atom. The third-order valence-electron chi connectivity index (χ3n) is 8.78. The van der Waals surface area contributed by atoms with Gasteiger partial charge in [-0.3, -0.25) is 4.57 Å². The number of nitrogens with one attached hydrogen (secondary N) is 2. The lowest BCUT2D eigenvalue weighted by Gasteiger charge is -2.32. The SMILES string of the molecule is CC(C)CCCc1cc(Cl)c(F)c(-c2cc3cn(-c4ccc([C@@H]5CCC[C@@H](CCN6CCOC6=O)N5)cc4)c(=O)nc3[nH]2)c1. The van der Waals surface area contributed by atoms with E-state index >= 15 is 4.39 Å². The molecule has 2 aliphatic heterocycles. The number of piperidine rings is 1. The summed E-state index contributed by atoms with van der Waals surface area (Å²) >= 11 is 6.28. The van der Waals surface area contributed by atoms with Crippen LogP contribution in [0.2, 0.25) is 5.02 Å². The highest BCUT2D eigenvalue weighted by molar-refractivity contribution is 6.31. The first-order chi connectivity index (χ1) is 21.2. The van der Waals surface area contributed by atoms with Crippen LogP contribution in [0.1, 0.15) is 69.5 Å². The molecule has 10 heteroatoms. The first-order valence-corrected chi connectivity index (χ1v) is 16.0. The lowest BCUT2D eigenvalue weighted by atomic mass is 9.92. The van der Waals surface area contributed by atoms with Crippen molar-refractivity contribution in [1.82, 2.24) is 24.8 Å². The number of benzene rings is 2. The van der Waals surface area contributed by atoms with E-state index in [9.17, 15) is 9.59 Å². The fraction of sp³-hybridized carbons (Fsp3) is 0.441. The zero-order chi connectivity index (χ0) is 30.8. The normalized spacial score (nSPS) is 18.8. The molecule has 0 radical (unpaired) electrons. The molecular weight excluding hydrogens is 581 g/mol. The molecule has 4 aromatic rings. The van der Waals surface area contributed by atoms with Gasteiger partial charge in [0.15, 0.2) is 5.82 Å². The molecule has 2 N–H and O–H groups in total. The Hall–Kier alpha value is -3.69. The summed E-state index contributed by atoms with van der Waals surface area (Å²) in [6.07, 6.45) is 8.53. The predicted octanol–water partition coefficient (Wildman–Crippen LogP) is 7.18. The van der Waals surface area contributed by atoms with E-state index in [1.807, 2.05) is 24.3 Å². The number of rotatable bonds is 10. The van der Waals surface area contributed by atoms with Crippen LogP contribution in [0.4, 0.5) is 9.18 Å². The van der Waals surface area contributed by atoms with Crippen LogP contribution in [-0.4, -0.2) is 51.3 Å². The Morgan fingerprint density at radius 1 is 1.14 bits per heavy atom. The van der Waals surface area contributed by atoms with Crippen molar-refractivity contribution in [3.63, 3.8) is 0 Å². The number of amides is 1. The maximum absolute atomic E-state index is 15.1. The van der Waals surface area contributed by atoms with Crippen molar-refractivity contribution in [1.29, 1.82) is 0 Å². The van der Waals surface area contributed by atoms with Crippen LogP contribution in [0.15, 0.2) is 53.5 Å². The maximum Gasteiger partial charge on any atom is 0.409 e. The lowest BCUT2D eigenvalue weighted by Crippen LogP contribution is -2.39. The number of hydrogen-bond acceptors (Lipinski definition) is 5. The molecule has 2 atom stereocenters. The first-order valence-electron chi connectivity index (χ1n) is 15.6.